The summed E-state index contributed by atoms with van der Waals surface area (Å²) in [6.45, 7) is 4.54. The van der Waals surface area contributed by atoms with E-state index < -0.39 is 0 Å². The number of rotatable bonds is 2. The molecule has 1 aromatic heterocycles. The highest BCUT2D eigenvalue weighted by Crippen LogP contribution is 2.32. The number of phenols is 1. The number of imidazole rings is 1. The first-order chi connectivity index (χ1) is 9.61. The second-order valence-corrected chi connectivity index (χ2v) is 4.81. The van der Waals surface area contributed by atoms with Crippen LogP contribution in [0.15, 0.2) is 36.4 Å². The molecule has 0 amide bonds. The summed E-state index contributed by atoms with van der Waals surface area (Å²) in [5, 5.41) is 10.1. The van der Waals surface area contributed by atoms with Crippen LogP contribution in [0.5, 0.6) is 5.75 Å². The van der Waals surface area contributed by atoms with Crippen molar-refractivity contribution in [2.75, 3.05) is 0 Å². The van der Waals surface area contributed by atoms with E-state index in [-0.39, 0.29) is 11.6 Å². The molecule has 3 aromatic rings. The van der Waals surface area contributed by atoms with Gasteiger partial charge in [-0.1, -0.05) is 12.1 Å². The van der Waals surface area contributed by atoms with Crippen LogP contribution in [-0.2, 0) is 6.54 Å². The molecule has 3 nitrogen and oxygen atoms in total. The fourth-order valence-electron chi connectivity index (χ4n) is 2.47. The van der Waals surface area contributed by atoms with Gasteiger partial charge in [-0.15, -0.1) is 0 Å². The summed E-state index contributed by atoms with van der Waals surface area (Å²) < 4.78 is 15.8. The molecular weight excluding hydrogens is 255 g/mol. The highest BCUT2D eigenvalue weighted by Gasteiger charge is 2.16. The molecule has 0 aliphatic rings. The minimum Gasteiger partial charge on any atom is -0.507 e. The number of halogens is 1. The van der Waals surface area contributed by atoms with Gasteiger partial charge in [0.1, 0.15) is 17.1 Å². The van der Waals surface area contributed by atoms with Crippen LogP contribution in [0.2, 0.25) is 0 Å². The summed E-state index contributed by atoms with van der Waals surface area (Å²) in [6.07, 6.45) is 0. The average Bonchev–Trinajstić information content (AvgIpc) is 2.78. The Hall–Kier alpha value is -2.36. The largest absolute Gasteiger partial charge is 0.507 e. The molecule has 4 heteroatoms. The van der Waals surface area contributed by atoms with E-state index >= 15 is 0 Å². The molecule has 1 heterocycles. The van der Waals surface area contributed by atoms with Gasteiger partial charge in [0.05, 0.1) is 11.1 Å². The Balaban J connectivity index is 2.33. The summed E-state index contributed by atoms with van der Waals surface area (Å²) in [7, 11) is 0. The van der Waals surface area contributed by atoms with E-state index in [9.17, 15) is 9.50 Å². The molecule has 0 bridgehead atoms. The van der Waals surface area contributed by atoms with Gasteiger partial charge >= 0.3 is 0 Å². The number of aromatic nitrogens is 2. The Morgan fingerprint density at radius 1 is 1.25 bits per heavy atom. The molecule has 0 radical (unpaired) electrons. The molecule has 2 aromatic carbocycles. The first-order valence-electron chi connectivity index (χ1n) is 6.56. The van der Waals surface area contributed by atoms with Crippen LogP contribution >= 0.6 is 0 Å². The smallest absolute Gasteiger partial charge is 0.151 e. The van der Waals surface area contributed by atoms with Crippen molar-refractivity contribution in [1.29, 1.82) is 0 Å². The van der Waals surface area contributed by atoms with E-state index in [2.05, 4.69) is 4.98 Å². The number of aromatic hydroxyl groups is 1. The average molecular weight is 270 g/mol. The maximum absolute atomic E-state index is 13.9. The fraction of sp³-hybridized carbons (Fsp3) is 0.188. The van der Waals surface area contributed by atoms with E-state index in [0.29, 0.717) is 23.4 Å². The summed E-state index contributed by atoms with van der Waals surface area (Å²) in [5.74, 6) is 0.406. The number of aryl methyl sites for hydroxylation is 2. The lowest BCUT2D eigenvalue weighted by molar-refractivity contribution is 0.476. The number of phenolic OH excluding ortho intramolecular Hbond substituents is 1. The second kappa shape index (κ2) is 4.63. The lowest BCUT2D eigenvalue weighted by atomic mass is 10.1. The summed E-state index contributed by atoms with van der Waals surface area (Å²) in [6, 6.07) is 10.3. The molecule has 0 spiro atoms. The fourth-order valence-corrected chi connectivity index (χ4v) is 2.47. The first-order valence-corrected chi connectivity index (χ1v) is 6.56. The maximum atomic E-state index is 13.9. The van der Waals surface area contributed by atoms with Crippen LogP contribution in [0, 0.1) is 12.7 Å². The van der Waals surface area contributed by atoms with Crippen molar-refractivity contribution in [3.8, 4) is 17.1 Å². The van der Waals surface area contributed by atoms with Gasteiger partial charge < -0.3 is 9.67 Å². The minimum atomic E-state index is -0.345. The molecule has 3 rings (SSSR count). The number of hydrogen-bond acceptors (Lipinski definition) is 2. The minimum absolute atomic E-state index is 0.162. The van der Waals surface area contributed by atoms with Gasteiger partial charge in [0, 0.05) is 6.54 Å². The third kappa shape index (κ3) is 1.84. The number of hydrogen-bond donors (Lipinski definition) is 1. The SMILES string of the molecule is CCn1c(-c2ccc(C)cc2O)nc2c(F)cccc21. The van der Waals surface area contributed by atoms with E-state index in [4.69, 9.17) is 0 Å². The Morgan fingerprint density at radius 2 is 2.05 bits per heavy atom. The second-order valence-electron chi connectivity index (χ2n) is 4.81. The van der Waals surface area contributed by atoms with Crippen molar-refractivity contribution >= 4 is 11.0 Å². The van der Waals surface area contributed by atoms with E-state index in [1.165, 1.54) is 6.07 Å². The Kier molecular flexibility index (Phi) is 2.93. The first kappa shape index (κ1) is 12.7. The predicted molar refractivity (Wildman–Crippen MR) is 77.2 cm³/mol. The zero-order valence-electron chi connectivity index (χ0n) is 11.4. The Labute approximate surface area is 116 Å². The van der Waals surface area contributed by atoms with Crippen molar-refractivity contribution in [2.45, 2.75) is 20.4 Å². The third-order valence-corrected chi connectivity index (χ3v) is 3.44. The van der Waals surface area contributed by atoms with Crippen molar-refractivity contribution < 1.29 is 9.50 Å². The highest BCUT2D eigenvalue weighted by atomic mass is 19.1. The molecule has 0 saturated heterocycles. The molecule has 0 aliphatic carbocycles. The van der Waals surface area contributed by atoms with Crippen molar-refractivity contribution in [1.82, 2.24) is 9.55 Å². The van der Waals surface area contributed by atoms with E-state index in [1.54, 1.807) is 12.1 Å². The van der Waals surface area contributed by atoms with Gasteiger partial charge in [-0.05, 0) is 43.7 Å². The van der Waals surface area contributed by atoms with Crippen LogP contribution in [0.4, 0.5) is 4.39 Å². The molecule has 20 heavy (non-hydrogen) atoms. The quantitative estimate of drug-likeness (QED) is 0.767. The monoisotopic (exact) mass is 270 g/mol. The van der Waals surface area contributed by atoms with Gasteiger partial charge in [-0.2, -0.15) is 0 Å². The number of fused-ring (bicyclic) bond motifs is 1. The number of nitrogens with zero attached hydrogens (tertiary/aromatic N) is 2. The van der Waals surface area contributed by atoms with Gasteiger partial charge in [-0.25, -0.2) is 9.37 Å². The molecule has 0 unspecified atom stereocenters. The molecule has 1 N–H and O–H groups in total. The number of benzene rings is 2. The number of para-hydroxylation sites is 1. The van der Waals surface area contributed by atoms with Crippen LogP contribution in [0.3, 0.4) is 0 Å². The van der Waals surface area contributed by atoms with Crippen LogP contribution in [-0.4, -0.2) is 14.7 Å². The normalized spacial score (nSPS) is 11.2. The van der Waals surface area contributed by atoms with Crippen molar-refractivity contribution in [3.63, 3.8) is 0 Å². The van der Waals surface area contributed by atoms with Gasteiger partial charge in [0.15, 0.2) is 5.82 Å². The molecule has 0 fully saturated rings. The van der Waals surface area contributed by atoms with Gasteiger partial charge in [0.25, 0.3) is 0 Å². The van der Waals surface area contributed by atoms with Gasteiger partial charge in [-0.3, -0.25) is 0 Å². The van der Waals surface area contributed by atoms with Crippen LogP contribution < -0.4 is 0 Å². The molecule has 0 atom stereocenters. The summed E-state index contributed by atoms with van der Waals surface area (Å²) in [4.78, 5) is 4.37. The lowest BCUT2D eigenvalue weighted by Crippen LogP contribution is -1.97. The molecule has 0 aliphatic heterocycles. The standard InChI is InChI=1S/C16H15FN2O/c1-3-19-13-6-4-5-12(17)15(13)18-16(19)11-8-7-10(2)9-14(11)20/h4-9,20H,3H2,1-2H3. The highest BCUT2D eigenvalue weighted by molar-refractivity contribution is 5.82. The van der Waals surface area contributed by atoms with Crippen LogP contribution in [0.25, 0.3) is 22.4 Å². The van der Waals surface area contributed by atoms with E-state index in [1.807, 2.05) is 36.6 Å². The summed E-state index contributed by atoms with van der Waals surface area (Å²) in [5.41, 5.74) is 2.66. The summed E-state index contributed by atoms with van der Waals surface area (Å²) >= 11 is 0. The lowest BCUT2D eigenvalue weighted by Gasteiger charge is -2.08. The molecule has 0 saturated carbocycles. The van der Waals surface area contributed by atoms with E-state index in [0.717, 1.165) is 11.1 Å². The molecular formula is C16H15FN2O. The predicted octanol–water partition coefficient (Wildman–Crippen LogP) is 3.88. The Bertz CT molecular complexity index is 793. The van der Waals surface area contributed by atoms with Crippen LogP contribution in [0.1, 0.15) is 12.5 Å². The zero-order chi connectivity index (χ0) is 14.3. The van der Waals surface area contributed by atoms with Gasteiger partial charge in [0.2, 0.25) is 0 Å². The topological polar surface area (TPSA) is 38.0 Å². The van der Waals surface area contributed by atoms with Crippen molar-refractivity contribution in [3.05, 3.63) is 47.8 Å². The van der Waals surface area contributed by atoms with Crippen molar-refractivity contribution in [2.24, 2.45) is 0 Å². The maximum Gasteiger partial charge on any atom is 0.151 e. The Morgan fingerprint density at radius 3 is 2.75 bits per heavy atom. The molecule has 102 valence electrons. The zero-order valence-corrected chi connectivity index (χ0v) is 11.4. The third-order valence-electron chi connectivity index (χ3n) is 3.44.